The number of carbonyl (C=O) groups excluding carboxylic acids is 3. The lowest BCUT2D eigenvalue weighted by Gasteiger charge is -2.17. The second-order valence-corrected chi connectivity index (χ2v) is 5.36. The van der Waals surface area contributed by atoms with Gasteiger partial charge in [-0.25, -0.2) is 9.59 Å². The predicted molar refractivity (Wildman–Crippen MR) is 94.3 cm³/mol. The Hall–Kier alpha value is -3.35. The third-order valence-electron chi connectivity index (χ3n) is 3.49. The molecule has 2 rings (SSSR count). The van der Waals surface area contributed by atoms with Crippen molar-refractivity contribution in [1.29, 1.82) is 0 Å². The molecule has 2 aromatic carbocycles. The van der Waals surface area contributed by atoms with Crippen molar-refractivity contribution in [2.75, 3.05) is 13.7 Å². The first-order valence-corrected chi connectivity index (χ1v) is 7.98. The van der Waals surface area contributed by atoms with E-state index in [-0.39, 0.29) is 19.1 Å². The molecule has 2 aromatic rings. The van der Waals surface area contributed by atoms with Gasteiger partial charge in [0.15, 0.2) is 0 Å². The topological polar surface area (TPSA) is 93.7 Å². The number of hydrogen-bond acceptors (Lipinski definition) is 5. The molecule has 0 radical (unpaired) electrons. The molecule has 0 aromatic heterocycles. The maximum Gasteiger partial charge on any atom is 0.408 e. The standard InChI is InChI=1S/C19H20N2O5/c1-25-18(23)16(12-20-17(22)15-10-6-3-7-11-15)21-19(24)26-13-14-8-4-2-5-9-14/h2-11,16H,12-13H2,1H3,(H,20,22)(H,21,24)/t16-/m0/s1. The fourth-order valence-corrected chi connectivity index (χ4v) is 2.13. The molecule has 26 heavy (non-hydrogen) atoms. The number of hydrogen-bond donors (Lipinski definition) is 2. The molecule has 0 aliphatic rings. The first kappa shape index (κ1) is 19.0. The van der Waals surface area contributed by atoms with Gasteiger partial charge in [-0.15, -0.1) is 0 Å². The zero-order valence-electron chi connectivity index (χ0n) is 14.3. The molecule has 0 bridgehead atoms. The Labute approximate surface area is 151 Å². The first-order chi connectivity index (χ1) is 12.6. The van der Waals surface area contributed by atoms with Crippen LogP contribution in [0.15, 0.2) is 60.7 Å². The van der Waals surface area contributed by atoms with Crippen molar-refractivity contribution in [3.63, 3.8) is 0 Å². The number of esters is 1. The average Bonchev–Trinajstić information content (AvgIpc) is 2.70. The summed E-state index contributed by atoms with van der Waals surface area (Å²) >= 11 is 0. The Kier molecular flexibility index (Phi) is 7.17. The van der Waals surface area contributed by atoms with E-state index in [9.17, 15) is 14.4 Å². The minimum Gasteiger partial charge on any atom is -0.467 e. The smallest absolute Gasteiger partial charge is 0.408 e. The summed E-state index contributed by atoms with van der Waals surface area (Å²) in [7, 11) is 1.20. The predicted octanol–water partition coefficient (Wildman–Crippen LogP) is 1.88. The number of methoxy groups -OCH3 is 1. The van der Waals surface area contributed by atoms with Crippen LogP contribution in [0.3, 0.4) is 0 Å². The summed E-state index contributed by atoms with van der Waals surface area (Å²) in [6.45, 7) is -0.0578. The zero-order valence-corrected chi connectivity index (χ0v) is 14.3. The van der Waals surface area contributed by atoms with Crippen LogP contribution in [-0.2, 0) is 20.9 Å². The number of carbonyl (C=O) groups is 3. The van der Waals surface area contributed by atoms with Crippen molar-refractivity contribution in [1.82, 2.24) is 10.6 Å². The van der Waals surface area contributed by atoms with Gasteiger partial charge in [-0.05, 0) is 17.7 Å². The second-order valence-electron chi connectivity index (χ2n) is 5.36. The van der Waals surface area contributed by atoms with Gasteiger partial charge in [0, 0.05) is 12.1 Å². The van der Waals surface area contributed by atoms with Crippen LogP contribution < -0.4 is 10.6 Å². The molecular formula is C19H20N2O5. The van der Waals surface area contributed by atoms with Crippen LogP contribution in [0, 0.1) is 0 Å². The summed E-state index contributed by atoms with van der Waals surface area (Å²) in [4.78, 5) is 35.8. The fraction of sp³-hybridized carbons (Fsp3) is 0.211. The molecular weight excluding hydrogens is 336 g/mol. The monoisotopic (exact) mass is 356 g/mol. The summed E-state index contributed by atoms with van der Waals surface area (Å²) in [5.74, 6) is -1.05. The van der Waals surface area contributed by atoms with Crippen LogP contribution in [0.25, 0.3) is 0 Å². The number of ether oxygens (including phenoxy) is 2. The average molecular weight is 356 g/mol. The largest absolute Gasteiger partial charge is 0.467 e. The molecule has 0 aliphatic carbocycles. The van der Waals surface area contributed by atoms with Gasteiger partial charge in [0.1, 0.15) is 12.6 Å². The Bertz CT molecular complexity index is 734. The van der Waals surface area contributed by atoms with E-state index in [0.717, 1.165) is 5.56 Å². The van der Waals surface area contributed by atoms with Gasteiger partial charge >= 0.3 is 12.1 Å². The van der Waals surface area contributed by atoms with Gasteiger partial charge in [-0.2, -0.15) is 0 Å². The molecule has 0 saturated carbocycles. The third kappa shape index (κ3) is 5.94. The molecule has 2 amide bonds. The number of benzene rings is 2. The highest BCUT2D eigenvalue weighted by Crippen LogP contribution is 2.01. The van der Waals surface area contributed by atoms with E-state index in [0.29, 0.717) is 5.56 Å². The van der Waals surface area contributed by atoms with Gasteiger partial charge in [-0.3, -0.25) is 4.79 Å². The highest BCUT2D eigenvalue weighted by atomic mass is 16.6. The van der Waals surface area contributed by atoms with Crippen LogP contribution in [-0.4, -0.2) is 37.7 Å². The van der Waals surface area contributed by atoms with Crippen molar-refractivity contribution in [3.8, 4) is 0 Å². The normalized spacial score (nSPS) is 11.1. The highest BCUT2D eigenvalue weighted by Gasteiger charge is 2.23. The van der Waals surface area contributed by atoms with Gasteiger partial charge in [0.25, 0.3) is 5.91 Å². The van der Waals surface area contributed by atoms with E-state index in [4.69, 9.17) is 4.74 Å². The summed E-state index contributed by atoms with van der Waals surface area (Å²) in [6, 6.07) is 16.6. The fourth-order valence-electron chi connectivity index (χ4n) is 2.13. The highest BCUT2D eigenvalue weighted by molar-refractivity contribution is 5.94. The minimum absolute atomic E-state index is 0.0664. The third-order valence-corrected chi connectivity index (χ3v) is 3.49. The number of alkyl carbamates (subject to hydrolysis) is 1. The van der Waals surface area contributed by atoms with E-state index in [1.54, 1.807) is 30.3 Å². The number of amides is 2. The Morgan fingerprint density at radius 1 is 0.962 bits per heavy atom. The van der Waals surface area contributed by atoms with Crippen molar-refractivity contribution < 1.29 is 23.9 Å². The van der Waals surface area contributed by atoms with Crippen LogP contribution in [0.4, 0.5) is 4.79 Å². The molecule has 1 atom stereocenters. The maximum atomic E-state index is 12.0. The summed E-state index contributed by atoms with van der Waals surface area (Å²) in [6.07, 6.45) is -0.779. The lowest BCUT2D eigenvalue weighted by Crippen LogP contribution is -2.49. The summed E-state index contributed by atoms with van der Waals surface area (Å²) < 4.78 is 9.73. The molecule has 7 nitrogen and oxygen atoms in total. The van der Waals surface area contributed by atoms with E-state index < -0.39 is 18.1 Å². The molecule has 7 heteroatoms. The Balaban J connectivity index is 1.87. The van der Waals surface area contributed by atoms with Crippen LogP contribution in [0.1, 0.15) is 15.9 Å². The summed E-state index contributed by atoms with van der Waals surface area (Å²) in [5, 5.41) is 4.98. The SMILES string of the molecule is COC(=O)[C@H](CNC(=O)c1ccccc1)NC(=O)OCc1ccccc1. The van der Waals surface area contributed by atoms with Crippen LogP contribution in [0.5, 0.6) is 0 Å². The molecule has 0 spiro atoms. The van der Waals surface area contributed by atoms with Crippen LogP contribution >= 0.6 is 0 Å². The summed E-state index contributed by atoms with van der Waals surface area (Å²) in [5.41, 5.74) is 1.26. The molecule has 2 N–H and O–H groups in total. The molecule has 0 fully saturated rings. The molecule has 0 aliphatic heterocycles. The molecule has 0 heterocycles. The lowest BCUT2D eigenvalue weighted by atomic mass is 10.2. The molecule has 136 valence electrons. The van der Waals surface area contributed by atoms with Crippen molar-refractivity contribution in [3.05, 3.63) is 71.8 Å². The number of rotatable bonds is 7. The molecule has 0 unspecified atom stereocenters. The van der Waals surface area contributed by atoms with E-state index in [1.165, 1.54) is 7.11 Å². The van der Waals surface area contributed by atoms with Gasteiger partial charge < -0.3 is 20.1 Å². The van der Waals surface area contributed by atoms with Gasteiger partial charge in [-0.1, -0.05) is 48.5 Å². The lowest BCUT2D eigenvalue weighted by molar-refractivity contribution is -0.142. The quantitative estimate of drug-likeness (QED) is 0.739. The Morgan fingerprint density at radius 3 is 2.19 bits per heavy atom. The first-order valence-electron chi connectivity index (χ1n) is 7.98. The van der Waals surface area contributed by atoms with Gasteiger partial charge in [0.05, 0.1) is 7.11 Å². The number of nitrogens with one attached hydrogen (secondary N) is 2. The van der Waals surface area contributed by atoms with E-state index >= 15 is 0 Å². The maximum absolute atomic E-state index is 12.0. The van der Waals surface area contributed by atoms with Crippen molar-refractivity contribution in [2.24, 2.45) is 0 Å². The second kappa shape index (κ2) is 9.83. The minimum atomic E-state index is -1.06. The van der Waals surface area contributed by atoms with E-state index in [1.807, 2.05) is 30.3 Å². The van der Waals surface area contributed by atoms with Crippen molar-refractivity contribution in [2.45, 2.75) is 12.6 Å². The van der Waals surface area contributed by atoms with Crippen LogP contribution in [0.2, 0.25) is 0 Å². The Morgan fingerprint density at radius 2 is 1.58 bits per heavy atom. The molecule has 0 saturated heterocycles. The zero-order chi connectivity index (χ0) is 18.8. The van der Waals surface area contributed by atoms with Gasteiger partial charge in [0.2, 0.25) is 0 Å². The van der Waals surface area contributed by atoms with Crippen molar-refractivity contribution >= 4 is 18.0 Å². The van der Waals surface area contributed by atoms with E-state index in [2.05, 4.69) is 15.4 Å².